The maximum atomic E-state index is 12.0. The first-order valence-electron chi connectivity index (χ1n) is 5.77. The lowest BCUT2D eigenvalue weighted by molar-refractivity contribution is 0.102. The molecule has 0 saturated carbocycles. The van der Waals surface area contributed by atoms with E-state index in [1.807, 2.05) is 12.1 Å². The van der Waals surface area contributed by atoms with Gasteiger partial charge in [0.1, 0.15) is 0 Å². The Bertz CT molecular complexity index is 551. The normalized spacial score (nSPS) is 10.4. The monoisotopic (exact) mass is 371 g/mol. The zero-order valence-corrected chi connectivity index (χ0v) is 12.6. The van der Waals surface area contributed by atoms with Crippen molar-refractivity contribution in [2.24, 2.45) is 0 Å². The van der Waals surface area contributed by atoms with Crippen molar-refractivity contribution in [1.82, 2.24) is 9.78 Å². The van der Waals surface area contributed by atoms with Crippen molar-refractivity contribution in [1.29, 1.82) is 0 Å². The molecular weight excluding hydrogens is 357 g/mol. The van der Waals surface area contributed by atoms with E-state index >= 15 is 0 Å². The van der Waals surface area contributed by atoms with E-state index in [9.17, 15) is 4.79 Å². The molecule has 1 heterocycles. The van der Waals surface area contributed by atoms with Crippen LogP contribution < -0.4 is 5.32 Å². The van der Waals surface area contributed by atoms with Gasteiger partial charge in [0.25, 0.3) is 5.91 Å². The number of nitrogens with zero attached hydrogens (tertiary/aromatic N) is 2. The minimum atomic E-state index is -0.136. The molecule has 1 aromatic carbocycles. The maximum Gasteiger partial charge on any atom is 0.255 e. The van der Waals surface area contributed by atoms with Crippen LogP contribution in [0.25, 0.3) is 0 Å². The van der Waals surface area contributed by atoms with Gasteiger partial charge in [-0.15, -0.1) is 0 Å². The van der Waals surface area contributed by atoms with Crippen molar-refractivity contribution >= 4 is 34.2 Å². The number of carbonyl (C=O) groups is 1. The van der Waals surface area contributed by atoms with Crippen LogP contribution >= 0.6 is 22.6 Å². The second kappa shape index (κ2) is 6.67. The first-order valence-corrected chi connectivity index (χ1v) is 6.85. The standard InChI is InChI=1S/C13H14IN3O2/c1-19-7-6-17-9-12(8-15-17)16-13(18)10-2-4-11(14)5-3-10/h2-5,8-9H,6-7H2,1H3,(H,16,18). The lowest BCUT2D eigenvalue weighted by atomic mass is 10.2. The van der Waals surface area contributed by atoms with Crippen molar-refractivity contribution in [3.05, 3.63) is 45.8 Å². The molecule has 0 atom stereocenters. The molecule has 5 nitrogen and oxygen atoms in total. The third-order valence-electron chi connectivity index (χ3n) is 2.52. The smallest absolute Gasteiger partial charge is 0.255 e. The summed E-state index contributed by atoms with van der Waals surface area (Å²) in [5, 5.41) is 6.94. The van der Waals surface area contributed by atoms with Gasteiger partial charge in [-0.2, -0.15) is 5.10 Å². The summed E-state index contributed by atoms with van der Waals surface area (Å²) in [6.07, 6.45) is 3.41. The lowest BCUT2D eigenvalue weighted by Crippen LogP contribution is -2.11. The van der Waals surface area contributed by atoms with E-state index in [2.05, 4.69) is 33.0 Å². The zero-order valence-electron chi connectivity index (χ0n) is 10.5. The summed E-state index contributed by atoms with van der Waals surface area (Å²) < 4.78 is 7.80. The van der Waals surface area contributed by atoms with Crippen LogP contribution in [0, 0.1) is 3.57 Å². The number of methoxy groups -OCH3 is 1. The highest BCUT2D eigenvalue weighted by Crippen LogP contribution is 2.10. The Morgan fingerprint density at radius 3 is 2.84 bits per heavy atom. The first-order chi connectivity index (χ1) is 9.19. The van der Waals surface area contributed by atoms with Gasteiger partial charge in [0.05, 0.1) is 25.0 Å². The fourth-order valence-electron chi connectivity index (χ4n) is 1.54. The fourth-order valence-corrected chi connectivity index (χ4v) is 1.90. The topological polar surface area (TPSA) is 56.1 Å². The van der Waals surface area contributed by atoms with E-state index in [0.29, 0.717) is 24.4 Å². The number of hydrogen-bond acceptors (Lipinski definition) is 3. The molecule has 0 aliphatic rings. The average Bonchev–Trinajstić information content (AvgIpc) is 2.84. The van der Waals surface area contributed by atoms with Crippen molar-refractivity contribution in [3.8, 4) is 0 Å². The van der Waals surface area contributed by atoms with Crippen LogP contribution in [-0.2, 0) is 11.3 Å². The molecule has 6 heteroatoms. The average molecular weight is 371 g/mol. The molecule has 2 rings (SSSR count). The number of benzene rings is 1. The second-order valence-corrected chi connectivity index (χ2v) is 5.19. The van der Waals surface area contributed by atoms with Gasteiger partial charge in [0.15, 0.2) is 0 Å². The molecule has 2 aromatic rings. The number of nitrogens with one attached hydrogen (secondary N) is 1. The highest BCUT2D eigenvalue weighted by Gasteiger charge is 2.07. The van der Waals surface area contributed by atoms with Crippen molar-refractivity contribution in [2.75, 3.05) is 19.0 Å². The van der Waals surface area contributed by atoms with E-state index in [1.165, 1.54) is 0 Å². The fraction of sp³-hybridized carbons (Fsp3) is 0.231. The molecule has 19 heavy (non-hydrogen) atoms. The molecule has 1 N–H and O–H groups in total. The molecule has 0 radical (unpaired) electrons. The van der Waals surface area contributed by atoms with Crippen LogP contribution in [0.2, 0.25) is 0 Å². The van der Waals surface area contributed by atoms with E-state index < -0.39 is 0 Å². The summed E-state index contributed by atoms with van der Waals surface area (Å²) in [7, 11) is 1.64. The van der Waals surface area contributed by atoms with Gasteiger partial charge in [-0.25, -0.2) is 0 Å². The summed E-state index contributed by atoms with van der Waals surface area (Å²) in [6.45, 7) is 1.25. The number of hydrogen-bond donors (Lipinski definition) is 1. The minimum Gasteiger partial charge on any atom is -0.383 e. The predicted octanol–water partition coefficient (Wildman–Crippen LogP) is 2.39. The largest absolute Gasteiger partial charge is 0.383 e. The number of ether oxygens (including phenoxy) is 1. The number of carbonyl (C=O) groups excluding carboxylic acids is 1. The maximum absolute atomic E-state index is 12.0. The molecule has 0 aliphatic heterocycles. The highest BCUT2D eigenvalue weighted by atomic mass is 127. The van der Waals surface area contributed by atoms with E-state index in [1.54, 1.807) is 36.3 Å². The van der Waals surface area contributed by atoms with Gasteiger partial charge >= 0.3 is 0 Å². The predicted molar refractivity (Wildman–Crippen MR) is 81.2 cm³/mol. The van der Waals surface area contributed by atoms with E-state index in [4.69, 9.17) is 4.74 Å². The summed E-state index contributed by atoms with van der Waals surface area (Å²) in [5.74, 6) is -0.136. The van der Waals surface area contributed by atoms with Crippen LogP contribution in [0.15, 0.2) is 36.7 Å². The Morgan fingerprint density at radius 1 is 1.42 bits per heavy atom. The third kappa shape index (κ3) is 4.03. The van der Waals surface area contributed by atoms with Gasteiger partial charge in [-0.05, 0) is 46.9 Å². The third-order valence-corrected chi connectivity index (χ3v) is 3.24. The molecule has 0 aliphatic carbocycles. The van der Waals surface area contributed by atoms with Crippen LogP contribution in [0.5, 0.6) is 0 Å². The van der Waals surface area contributed by atoms with Crippen molar-refractivity contribution in [3.63, 3.8) is 0 Å². The highest BCUT2D eigenvalue weighted by molar-refractivity contribution is 14.1. The molecule has 0 fully saturated rings. The summed E-state index contributed by atoms with van der Waals surface area (Å²) in [5.41, 5.74) is 1.31. The van der Waals surface area contributed by atoms with Crippen LogP contribution in [0.1, 0.15) is 10.4 Å². The summed E-state index contributed by atoms with van der Waals surface area (Å²) in [4.78, 5) is 12.0. The van der Waals surface area contributed by atoms with Gasteiger partial charge in [-0.3, -0.25) is 9.48 Å². The summed E-state index contributed by atoms with van der Waals surface area (Å²) >= 11 is 2.20. The lowest BCUT2D eigenvalue weighted by Gasteiger charge is -2.02. The van der Waals surface area contributed by atoms with E-state index in [0.717, 1.165) is 3.57 Å². The minimum absolute atomic E-state index is 0.136. The van der Waals surface area contributed by atoms with Crippen molar-refractivity contribution < 1.29 is 9.53 Å². The Hall–Kier alpha value is -1.41. The molecule has 1 amide bonds. The molecule has 1 aromatic heterocycles. The van der Waals surface area contributed by atoms with Gasteiger partial charge < -0.3 is 10.1 Å². The molecular formula is C13H14IN3O2. The number of rotatable bonds is 5. The Labute approximate surface area is 125 Å². The number of aromatic nitrogens is 2. The quantitative estimate of drug-likeness (QED) is 0.822. The molecule has 100 valence electrons. The molecule has 0 saturated heterocycles. The second-order valence-electron chi connectivity index (χ2n) is 3.95. The van der Waals surface area contributed by atoms with Crippen LogP contribution in [0.3, 0.4) is 0 Å². The zero-order chi connectivity index (χ0) is 13.7. The number of amides is 1. The van der Waals surface area contributed by atoms with Crippen LogP contribution in [-0.4, -0.2) is 29.4 Å². The summed E-state index contributed by atoms with van der Waals surface area (Å²) in [6, 6.07) is 7.40. The molecule has 0 bridgehead atoms. The molecule has 0 spiro atoms. The van der Waals surface area contributed by atoms with Crippen molar-refractivity contribution in [2.45, 2.75) is 6.54 Å². The Balaban J connectivity index is 1.98. The number of halogens is 1. The Morgan fingerprint density at radius 2 is 2.16 bits per heavy atom. The van der Waals surface area contributed by atoms with Gasteiger partial charge in [-0.1, -0.05) is 0 Å². The van der Waals surface area contributed by atoms with Gasteiger partial charge in [0, 0.05) is 22.4 Å². The number of anilines is 1. The van der Waals surface area contributed by atoms with Crippen LogP contribution in [0.4, 0.5) is 5.69 Å². The van der Waals surface area contributed by atoms with E-state index in [-0.39, 0.29) is 5.91 Å². The first kappa shape index (κ1) is 14.0. The Kier molecular flexibility index (Phi) is 4.92. The molecule has 0 unspecified atom stereocenters. The SMILES string of the molecule is COCCn1cc(NC(=O)c2ccc(I)cc2)cn1. The van der Waals surface area contributed by atoms with Gasteiger partial charge in [0.2, 0.25) is 0 Å².